The summed E-state index contributed by atoms with van der Waals surface area (Å²) in [5, 5.41) is 6.66. The molecule has 0 aromatic carbocycles. The van der Waals surface area contributed by atoms with Crippen molar-refractivity contribution in [2.24, 2.45) is 0 Å². The van der Waals surface area contributed by atoms with Crippen molar-refractivity contribution in [3.05, 3.63) is 16.1 Å². The van der Waals surface area contributed by atoms with Gasteiger partial charge in [0.25, 0.3) is 0 Å². The summed E-state index contributed by atoms with van der Waals surface area (Å²) in [5.74, 6) is 0. The van der Waals surface area contributed by atoms with Gasteiger partial charge in [-0.25, -0.2) is 4.98 Å². The molecule has 1 aliphatic heterocycles. The normalized spacial score (nSPS) is 21.8. The summed E-state index contributed by atoms with van der Waals surface area (Å²) in [7, 11) is 1.99. The molecule has 0 radical (unpaired) electrons. The Morgan fingerprint density at radius 2 is 2.32 bits per heavy atom. The molecule has 4 nitrogen and oxygen atoms in total. The Bertz CT molecular complexity index is 398. The van der Waals surface area contributed by atoms with Crippen molar-refractivity contribution in [2.45, 2.75) is 38.8 Å². The minimum absolute atomic E-state index is 0.143. The summed E-state index contributed by atoms with van der Waals surface area (Å²) in [6, 6.07) is 0.459. The first kappa shape index (κ1) is 14.9. The summed E-state index contributed by atoms with van der Waals surface area (Å²) in [4.78, 5) is 7.26. The Balaban J connectivity index is 2.00. The fourth-order valence-corrected chi connectivity index (χ4v) is 3.27. The van der Waals surface area contributed by atoms with Gasteiger partial charge in [0.2, 0.25) is 0 Å². The third kappa shape index (κ3) is 3.99. The maximum Gasteiger partial charge on any atom is 0.107 e. The van der Waals surface area contributed by atoms with Crippen LogP contribution in [0.25, 0.3) is 0 Å². The lowest BCUT2D eigenvalue weighted by molar-refractivity contribution is -0.0103. The summed E-state index contributed by atoms with van der Waals surface area (Å²) in [5.41, 5.74) is 1.34. The van der Waals surface area contributed by atoms with E-state index in [-0.39, 0.29) is 5.41 Å². The zero-order valence-corrected chi connectivity index (χ0v) is 13.2. The molecule has 5 heteroatoms. The SMILES string of the molecule is CNCC1COCCN1Cc1nc(C(C)(C)C)cs1. The van der Waals surface area contributed by atoms with E-state index in [1.54, 1.807) is 11.3 Å². The molecule has 1 N–H and O–H groups in total. The molecule has 108 valence electrons. The number of hydrogen-bond donors (Lipinski definition) is 1. The minimum Gasteiger partial charge on any atom is -0.378 e. The second-order valence-electron chi connectivity index (χ2n) is 6.13. The lowest BCUT2D eigenvalue weighted by Gasteiger charge is -2.34. The van der Waals surface area contributed by atoms with Gasteiger partial charge in [0.15, 0.2) is 0 Å². The first-order chi connectivity index (χ1) is 9.00. The van der Waals surface area contributed by atoms with Crippen LogP contribution in [-0.4, -0.2) is 49.3 Å². The average Bonchev–Trinajstić information content (AvgIpc) is 2.80. The predicted octanol–water partition coefficient (Wildman–Crippen LogP) is 1.86. The molecule has 1 atom stereocenters. The van der Waals surface area contributed by atoms with Crippen LogP contribution in [0, 0.1) is 0 Å². The molecule has 19 heavy (non-hydrogen) atoms. The van der Waals surface area contributed by atoms with Crippen molar-refractivity contribution in [3.8, 4) is 0 Å². The van der Waals surface area contributed by atoms with Gasteiger partial charge in [0, 0.05) is 29.9 Å². The second kappa shape index (κ2) is 6.31. The van der Waals surface area contributed by atoms with Gasteiger partial charge < -0.3 is 10.1 Å². The maximum absolute atomic E-state index is 5.56. The third-order valence-corrected chi connectivity index (χ3v) is 4.28. The van der Waals surface area contributed by atoms with Crippen LogP contribution >= 0.6 is 11.3 Å². The number of likely N-dealkylation sites (N-methyl/N-ethyl adjacent to an activating group) is 1. The molecule has 0 bridgehead atoms. The monoisotopic (exact) mass is 283 g/mol. The number of rotatable bonds is 4. The van der Waals surface area contributed by atoms with E-state index < -0.39 is 0 Å². The van der Waals surface area contributed by atoms with E-state index >= 15 is 0 Å². The molecule has 0 aliphatic carbocycles. The predicted molar refractivity (Wildman–Crippen MR) is 79.8 cm³/mol. The number of thiazole rings is 1. The summed E-state index contributed by atoms with van der Waals surface area (Å²) in [6.45, 7) is 11.2. The Kier molecular flexibility index (Phi) is 4.95. The van der Waals surface area contributed by atoms with Gasteiger partial charge in [-0.3, -0.25) is 4.90 Å². The van der Waals surface area contributed by atoms with E-state index in [1.165, 1.54) is 10.7 Å². The van der Waals surface area contributed by atoms with Crippen molar-refractivity contribution in [1.82, 2.24) is 15.2 Å². The zero-order valence-electron chi connectivity index (χ0n) is 12.4. The minimum atomic E-state index is 0.143. The first-order valence-electron chi connectivity index (χ1n) is 6.92. The maximum atomic E-state index is 5.56. The molecule has 1 aromatic heterocycles. The molecule has 1 saturated heterocycles. The highest BCUT2D eigenvalue weighted by atomic mass is 32.1. The Labute approximate surface area is 120 Å². The van der Waals surface area contributed by atoms with Gasteiger partial charge in [-0.1, -0.05) is 20.8 Å². The molecule has 0 saturated carbocycles. The lowest BCUT2D eigenvalue weighted by Crippen LogP contribution is -2.49. The van der Waals surface area contributed by atoms with E-state index in [4.69, 9.17) is 9.72 Å². The lowest BCUT2D eigenvalue weighted by atomic mass is 9.93. The molecule has 1 fully saturated rings. The van der Waals surface area contributed by atoms with Gasteiger partial charge in [0.05, 0.1) is 25.5 Å². The van der Waals surface area contributed by atoms with E-state index in [1.807, 2.05) is 7.05 Å². The smallest absolute Gasteiger partial charge is 0.107 e. The molecule has 2 heterocycles. The van der Waals surface area contributed by atoms with E-state index in [0.717, 1.165) is 32.8 Å². The fraction of sp³-hybridized carbons (Fsp3) is 0.786. The van der Waals surface area contributed by atoms with E-state index in [9.17, 15) is 0 Å². The topological polar surface area (TPSA) is 37.4 Å². The van der Waals surface area contributed by atoms with Crippen molar-refractivity contribution < 1.29 is 4.74 Å². The highest BCUT2D eigenvalue weighted by molar-refractivity contribution is 7.09. The molecule has 0 spiro atoms. The van der Waals surface area contributed by atoms with Crippen LogP contribution in [0.3, 0.4) is 0 Å². The second-order valence-corrected chi connectivity index (χ2v) is 7.08. The standard InChI is InChI=1S/C14H25N3OS/c1-14(2,3)12-10-19-13(16-12)8-17-5-6-18-9-11(17)7-15-4/h10-11,15H,5-9H2,1-4H3. The van der Waals surface area contributed by atoms with Crippen molar-refractivity contribution >= 4 is 11.3 Å². The quantitative estimate of drug-likeness (QED) is 0.915. The van der Waals surface area contributed by atoms with E-state index in [0.29, 0.717) is 6.04 Å². The van der Waals surface area contributed by atoms with Crippen LogP contribution in [0.2, 0.25) is 0 Å². The number of nitrogens with one attached hydrogen (secondary N) is 1. The van der Waals surface area contributed by atoms with Crippen molar-refractivity contribution in [1.29, 1.82) is 0 Å². The van der Waals surface area contributed by atoms with Gasteiger partial charge in [-0.05, 0) is 7.05 Å². The number of morpholine rings is 1. The highest BCUT2D eigenvalue weighted by Gasteiger charge is 2.24. The number of ether oxygens (including phenoxy) is 1. The van der Waals surface area contributed by atoms with Crippen LogP contribution < -0.4 is 5.32 Å². The van der Waals surface area contributed by atoms with Gasteiger partial charge in [-0.15, -0.1) is 11.3 Å². The molecular weight excluding hydrogens is 258 g/mol. The van der Waals surface area contributed by atoms with Crippen LogP contribution in [0.1, 0.15) is 31.5 Å². The molecule has 1 aromatic rings. The van der Waals surface area contributed by atoms with Gasteiger partial charge in [-0.2, -0.15) is 0 Å². The van der Waals surface area contributed by atoms with Crippen molar-refractivity contribution in [3.63, 3.8) is 0 Å². The Morgan fingerprint density at radius 1 is 1.53 bits per heavy atom. The highest BCUT2D eigenvalue weighted by Crippen LogP contribution is 2.25. The number of hydrogen-bond acceptors (Lipinski definition) is 5. The van der Waals surface area contributed by atoms with Crippen LogP contribution in [0.4, 0.5) is 0 Å². The Morgan fingerprint density at radius 3 is 2.95 bits per heavy atom. The number of aromatic nitrogens is 1. The van der Waals surface area contributed by atoms with Gasteiger partial charge >= 0.3 is 0 Å². The summed E-state index contributed by atoms with van der Waals surface area (Å²) in [6.07, 6.45) is 0. The van der Waals surface area contributed by atoms with E-state index in [2.05, 4.69) is 36.4 Å². The largest absolute Gasteiger partial charge is 0.378 e. The Hall–Kier alpha value is -0.490. The average molecular weight is 283 g/mol. The zero-order chi connectivity index (χ0) is 13.9. The third-order valence-electron chi connectivity index (χ3n) is 3.45. The van der Waals surface area contributed by atoms with Crippen LogP contribution in [-0.2, 0) is 16.7 Å². The summed E-state index contributed by atoms with van der Waals surface area (Å²) >= 11 is 1.78. The fourth-order valence-electron chi connectivity index (χ4n) is 2.22. The van der Waals surface area contributed by atoms with Crippen LogP contribution in [0.15, 0.2) is 5.38 Å². The molecule has 0 amide bonds. The molecular formula is C14H25N3OS. The molecule has 1 unspecified atom stereocenters. The van der Waals surface area contributed by atoms with Crippen molar-refractivity contribution in [2.75, 3.05) is 33.4 Å². The molecule has 2 rings (SSSR count). The summed E-state index contributed by atoms with van der Waals surface area (Å²) < 4.78 is 5.56. The number of nitrogens with zero attached hydrogens (tertiary/aromatic N) is 2. The van der Waals surface area contributed by atoms with Crippen LogP contribution in [0.5, 0.6) is 0 Å². The first-order valence-corrected chi connectivity index (χ1v) is 7.80. The molecule has 1 aliphatic rings. The van der Waals surface area contributed by atoms with Gasteiger partial charge in [0.1, 0.15) is 5.01 Å².